The number of Topliss-reactive ketones (excluding diaryl/α,β-unsaturated/α-hetero) is 1. The first-order valence-electron chi connectivity index (χ1n) is 10.4. The number of ether oxygens (including phenoxy) is 1. The number of esters is 1. The minimum atomic E-state index is -1.75. The van der Waals surface area contributed by atoms with Crippen molar-refractivity contribution < 1.29 is 19.1 Å². The number of nitrogens with zero attached hydrogens (tertiary/aromatic N) is 1. The van der Waals surface area contributed by atoms with Crippen molar-refractivity contribution in [2.24, 2.45) is 5.73 Å². The van der Waals surface area contributed by atoms with E-state index in [1.165, 1.54) is 7.11 Å². The van der Waals surface area contributed by atoms with Crippen molar-refractivity contribution in [3.8, 4) is 0 Å². The Bertz CT molecular complexity index is 1370. The van der Waals surface area contributed by atoms with E-state index in [9.17, 15) is 14.4 Å². The number of fused-ring (bicyclic) bond motifs is 3. The molecular weight excluding hydrogens is 545 g/mol. The van der Waals surface area contributed by atoms with Crippen LogP contribution in [0.15, 0.2) is 63.5 Å². The monoisotopic (exact) mass is 561 g/mol. The van der Waals surface area contributed by atoms with Gasteiger partial charge in [0.2, 0.25) is 5.91 Å². The van der Waals surface area contributed by atoms with Gasteiger partial charge in [-0.25, -0.2) is 4.79 Å². The number of nitrogens with one attached hydrogen (secondary N) is 1. The van der Waals surface area contributed by atoms with Gasteiger partial charge in [0.05, 0.1) is 17.8 Å². The van der Waals surface area contributed by atoms with Crippen molar-refractivity contribution in [3.05, 3.63) is 79.1 Å². The fraction of sp³-hybridized carbons (Fsp3) is 0.208. The number of rotatable bonds is 2. The van der Waals surface area contributed by atoms with Crippen LogP contribution in [-0.2, 0) is 24.5 Å². The van der Waals surface area contributed by atoms with Crippen LogP contribution in [0, 0.1) is 0 Å². The summed E-state index contributed by atoms with van der Waals surface area (Å²) in [6.07, 6.45) is 1.24. The third-order valence-electron chi connectivity index (χ3n) is 6.42. The highest BCUT2D eigenvalue weighted by molar-refractivity contribution is 9.10. The van der Waals surface area contributed by atoms with Crippen molar-refractivity contribution in [3.63, 3.8) is 0 Å². The molecule has 1 unspecified atom stereocenters. The SMILES string of the molecule is COC(=O)C1=C(N)N(c2ccc(Cl)cc2Cl)C2=C(C(=O)CCC2)C12C(=O)Nc1ccc(Br)cc12. The van der Waals surface area contributed by atoms with E-state index in [2.05, 4.69) is 21.2 Å². The zero-order chi connectivity index (χ0) is 24.4. The Balaban J connectivity index is 1.93. The third kappa shape index (κ3) is 3.05. The first kappa shape index (κ1) is 23.0. The summed E-state index contributed by atoms with van der Waals surface area (Å²) in [4.78, 5) is 42.2. The summed E-state index contributed by atoms with van der Waals surface area (Å²) in [5.74, 6) is -1.63. The van der Waals surface area contributed by atoms with Crippen LogP contribution in [0.3, 0.4) is 0 Å². The van der Waals surface area contributed by atoms with Crippen LogP contribution in [0.5, 0.6) is 0 Å². The number of amides is 1. The van der Waals surface area contributed by atoms with Crippen molar-refractivity contribution in [2.75, 3.05) is 17.3 Å². The molecule has 2 heterocycles. The number of carbonyl (C=O) groups excluding carboxylic acids is 3. The van der Waals surface area contributed by atoms with Crippen LogP contribution in [-0.4, -0.2) is 24.8 Å². The summed E-state index contributed by atoms with van der Waals surface area (Å²) in [6, 6.07) is 10.1. The summed E-state index contributed by atoms with van der Waals surface area (Å²) < 4.78 is 5.78. The van der Waals surface area contributed by atoms with Crippen molar-refractivity contribution in [1.82, 2.24) is 0 Å². The van der Waals surface area contributed by atoms with Gasteiger partial charge < -0.3 is 15.8 Å². The number of hydrogen-bond acceptors (Lipinski definition) is 6. The highest BCUT2D eigenvalue weighted by Gasteiger charge is 2.62. The maximum absolute atomic E-state index is 13.8. The second-order valence-corrected chi connectivity index (χ2v) is 9.93. The van der Waals surface area contributed by atoms with Crippen LogP contribution in [0.2, 0.25) is 10.0 Å². The molecule has 1 atom stereocenters. The summed E-state index contributed by atoms with van der Waals surface area (Å²) in [5.41, 5.74) is 6.91. The molecule has 3 aliphatic rings. The fourth-order valence-electron chi connectivity index (χ4n) is 5.12. The Kier molecular flexibility index (Phi) is 5.50. The number of halogens is 3. The van der Waals surface area contributed by atoms with Gasteiger partial charge in [0.15, 0.2) is 5.78 Å². The number of anilines is 2. The molecule has 1 aliphatic carbocycles. The lowest BCUT2D eigenvalue weighted by Crippen LogP contribution is -2.53. The molecule has 34 heavy (non-hydrogen) atoms. The van der Waals surface area contributed by atoms with Gasteiger partial charge >= 0.3 is 5.97 Å². The largest absolute Gasteiger partial charge is 0.466 e. The molecule has 0 fully saturated rings. The van der Waals surface area contributed by atoms with E-state index in [4.69, 9.17) is 33.7 Å². The van der Waals surface area contributed by atoms with E-state index in [0.29, 0.717) is 45.0 Å². The minimum absolute atomic E-state index is 0.0347. The predicted octanol–water partition coefficient (Wildman–Crippen LogP) is 4.82. The Labute approximate surface area is 213 Å². The highest BCUT2D eigenvalue weighted by atomic mass is 79.9. The number of nitrogens with two attached hydrogens (primary N) is 1. The smallest absolute Gasteiger partial charge is 0.339 e. The van der Waals surface area contributed by atoms with Gasteiger partial charge in [-0.3, -0.25) is 14.5 Å². The lowest BCUT2D eigenvalue weighted by atomic mass is 9.63. The van der Waals surface area contributed by atoms with Gasteiger partial charge in [0.1, 0.15) is 16.8 Å². The van der Waals surface area contributed by atoms with Crippen LogP contribution >= 0.6 is 39.1 Å². The summed E-state index contributed by atoms with van der Waals surface area (Å²) in [7, 11) is 1.21. The standard InChI is InChI=1S/C24H18BrCl2N3O4/c1-34-22(32)20-21(28)30(16-8-6-12(26)10-14(16)27)17-3-2-4-18(31)19(17)24(20)13-9-11(25)5-7-15(13)29-23(24)33/h5-10H,2-4,28H2,1H3,(H,29,33). The average Bonchev–Trinajstić information content (AvgIpc) is 3.06. The van der Waals surface area contributed by atoms with E-state index in [0.717, 1.165) is 0 Å². The van der Waals surface area contributed by atoms with E-state index in [1.54, 1.807) is 41.3 Å². The molecule has 1 spiro atoms. The number of benzene rings is 2. The van der Waals surface area contributed by atoms with Gasteiger partial charge in [-0.2, -0.15) is 0 Å². The molecule has 3 N–H and O–H groups in total. The topological polar surface area (TPSA) is 102 Å². The molecule has 0 saturated carbocycles. The first-order chi connectivity index (χ1) is 16.2. The number of allylic oxidation sites excluding steroid dienone is 1. The van der Waals surface area contributed by atoms with Gasteiger partial charge in [0, 0.05) is 38.4 Å². The molecule has 0 radical (unpaired) electrons. The highest BCUT2D eigenvalue weighted by Crippen LogP contribution is 2.56. The molecule has 2 aromatic rings. The Morgan fingerprint density at radius 3 is 2.65 bits per heavy atom. The molecule has 0 aromatic heterocycles. The quantitative estimate of drug-likeness (QED) is 0.509. The van der Waals surface area contributed by atoms with Crippen LogP contribution in [0.4, 0.5) is 11.4 Å². The van der Waals surface area contributed by atoms with Crippen molar-refractivity contribution >= 4 is 68.2 Å². The molecule has 7 nitrogen and oxygen atoms in total. The van der Waals surface area contributed by atoms with Gasteiger partial charge in [-0.1, -0.05) is 39.1 Å². The lowest BCUT2D eigenvalue weighted by Gasteiger charge is -2.44. The Morgan fingerprint density at radius 2 is 1.94 bits per heavy atom. The number of carbonyl (C=O) groups is 3. The molecule has 0 saturated heterocycles. The van der Waals surface area contributed by atoms with E-state index in [1.807, 2.05) is 0 Å². The lowest BCUT2D eigenvalue weighted by molar-refractivity contribution is -0.138. The molecule has 2 aromatic carbocycles. The van der Waals surface area contributed by atoms with Gasteiger partial charge in [0.25, 0.3) is 0 Å². The van der Waals surface area contributed by atoms with E-state index >= 15 is 0 Å². The molecule has 174 valence electrons. The van der Waals surface area contributed by atoms with Crippen LogP contribution in [0.25, 0.3) is 0 Å². The number of ketones is 1. The van der Waals surface area contributed by atoms with Crippen molar-refractivity contribution in [1.29, 1.82) is 0 Å². The average molecular weight is 563 g/mol. The van der Waals surface area contributed by atoms with Gasteiger partial charge in [-0.05, 0) is 49.2 Å². The second kappa shape index (κ2) is 8.15. The zero-order valence-corrected chi connectivity index (χ0v) is 21.0. The predicted molar refractivity (Wildman–Crippen MR) is 133 cm³/mol. The first-order valence-corrected chi connectivity index (χ1v) is 12.0. The second-order valence-electron chi connectivity index (χ2n) is 8.18. The van der Waals surface area contributed by atoms with E-state index < -0.39 is 17.3 Å². The summed E-state index contributed by atoms with van der Waals surface area (Å²) in [5, 5.41) is 3.53. The Hall–Kier alpha value is -2.81. The number of hydrogen-bond donors (Lipinski definition) is 2. The molecule has 2 aliphatic heterocycles. The molecule has 1 amide bonds. The van der Waals surface area contributed by atoms with Crippen molar-refractivity contribution in [2.45, 2.75) is 24.7 Å². The molecule has 5 rings (SSSR count). The molecule has 10 heteroatoms. The maximum atomic E-state index is 13.8. The molecule has 0 bridgehead atoms. The summed E-state index contributed by atoms with van der Waals surface area (Å²) >= 11 is 16.1. The van der Waals surface area contributed by atoms with Gasteiger partial charge in [-0.15, -0.1) is 0 Å². The Morgan fingerprint density at radius 1 is 1.18 bits per heavy atom. The maximum Gasteiger partial charge on any atom is 0.339 e. The fourth-order valence-corrected chi connectivity index (χ4v) is 5.97. The van der Waals surface area contributed by atoms with E-state index in [-0.39, 0.29) is 34.2 Å². The molecular formula is C24H18BrCl2N3O4. The normalized spacial score (nSPS) is 21.6. The number of methoxy groups -OCH3 is 1. The third-order valence-corrected chi connectivity index (χ3v) is 7.45. The minimum Gasteiger partial charge on any atom is -0.466 e. The zero-order valence-electron chi connectivity index (χ0n) is 17.9. The summed E-state index contributed by atoms with van der Waals surface area (Å²) in [6.45, 7) is 0. The van der Waals surface area contributed by atoms with Crippen LogP contribution in [0.1, 0.15) is 24.8 Å². The van der Waals surface area contributed by atoms with Crippen LogP contribution < -0.4 is 16.0 Å².